The van der Waals surface area contributed by atoms with Crippen LogP contribution in [0.15, 0.2) is 42.5 Å². The molecule has 5 nitrogen and oxygen atoms in total. The van der Waals surface area contributed by atoms with Gasteiger partial charge in [-0.3, -0.25) is 9.59 Å². The summed E-state index contributed by atoms with van der Waals surface area (Å²) in [5.41, 5.74) is 2.59. The van der Waals surface area contributed by atoms with Crippen molar-refractivity contribution in [3.63, 3.8) is 0 Å². The Hall–Kier alpha value is -2.08. The molecule has 0 radical (unpaired) electrons. The van der Waals surface area contributed by atoms with Gasteiger partial charge >= 0.3 is 0 Å². The Labute approximate surface area is 176 Å². The number of likely N-dealkylation sites (N-methyl/N-ethyl adjacent to an activating group) is 1. The Morgan fingerprint density at radius 1 is 1.07 bits per heavy atom. The summed E-state index contributed by atoms with van der Waals surface area (Å²) in [6.07, 6.45) is 0. The smallest absolute Gasteiger partial charge is 0.244 e. The van der Waals surface area contributed by atoms with E-state index in [0.717, 1.165) is 11.1 Å². The van der Waals surface area contributed by atoms with Gasteiger partial charge in [0.1, 0.15) is 0 Å². The first-order chi connectivity index (χ1) is 13.3. The number of rotatable bonds is 8. The van der Waals surface area contributed by atoms with Crippen LogP contribution < -0.4 is 10.6 Å². The highest BCUT2D eigenvalue weighted by Gasteiger charge is 2.17. The minimum atomic E-state index is -0.258. The monoisotopic (exact) mass is 421 g/mol. The van der Waals surface area contributed by atoms with Crippen LogP contribution in [0, 0.1) is 6.92 Å². The Morgan fingerprint density at radius 2 is 1.71 bits per heavy atom. The number of nitrogens with one attached hydrogen (secondary N) is 2. The number of aryl methyl sites for hydroxylation is 1. The van der Waals surface area contributed by atoms with Crippen molar-refractivity contribution in [2.45, 2.75) is 26.8 Å². The van der Waals surface area contributed by atoms with Crippen LogP contribution in [0.4, 0.5) is 5.69 Å². The van der Waals surface area contributed by atoms with Crippen LogP contribution in [-0.2, 0) is 9.59 Å². The van der Waals surface area contributed by atoms with Crippen LogP contribution in [-0.4, -0.2) is 36.3 Å². The largest absolute Gasteiger partial charge is 0.333 e. The van der Waals surface area contributed by atoms with Crippen LogP contribution in [0.2, 0.25) is 10.0 Å². The van der Waals surface area contributed by atoms with E-state index in [1.165, 1.54) is 4.90 Å². The van der Waals surface area contributed by atoms with Crippen LogP contribution in [0.3, 0.4) is 0 Å². The van der Waals surface area contributed by atoms with Crippen molar-refractivity contribution in [3.8, 4) is 0 Å². The van der Waals surface area contributed by atoms with Crippen LogP contribution >= 0.6 is 23.2 Å². The first-order valence-electron chi connectivity index (χ1n) is 9.12. The Balaban J connectivity index is 1.89. The van der Waals surface area contributed by atoms with Gasteiger partial charge in [0.15, 0.2) is 0 Å². The molecule has 0 aliphatic heterocycles. The summed E-state index contributed by atoms with van der Waals surface area (Å²) in [7, 11) is 0. The maximum atomic E-state index is 12.5. The maximum Gasteiger partial charge on any atom is 0.244 e. The second kappa shape index (κ2) is 10.5. The highest BCUT2D eigenvalue weighted by atomic mass is 35.5. The quantitative estimate of drug-likeness (QED) is 0.661. The van der Waals surface area contributed by atoms with Crippen molar-refractivity contribution >= 4 is 40.7 Å². The molecule has 0 aliphatic carbocycles. The second-order valence-corrected chi connectivity index (χ2v) is 7.44. The third kappa shape index (κ3) is 6.51. The molecule has 0 aromatic heterocycles. The molecule has 0 unspecified atom stereocenters. The summed E-state index contributed by atoms with van der Waals surface area (Å²) in [6, 6.07) is 12.8. The first kappa shape index (κ1) is 22.2. The van der Waals surface area contributed by atoms with E-state index in [-0.39, 0.29) is 30.9 Å². The Morgan fingerprint density at radius 3 is 2.36 bits per heavy atom. The fourth-order valence-corrected chi connectivity index (χ4v) is 2.99. The van der Waals surface area contributed by atoms with E-state index in [1.54, 1.807) is 12.1 Å². The summed E-state index contributed by atoms with van der Waals surface area (Å²) in [5.74, 6) is -0.396. The number of anilines is 1. The molecule has 1 atom stereocenters. The van der Waals surface area contributed by atoms with Gasteiger partial charge in [-0.05, 0) is 56.2 Å². The average Bonchev–Trinajstić information content (AvgIpc) is 2.67. The molecule has 2 N–H and O–H groups in total. The zero-order chi connectivity index (χ0) is 20.7. The second-order valence-electron chi connectivity index (χ2n) is 6.57. The summed E-state index contributed by atoms with van der Waals surface area (Å²) < 4.78 is 0. The van der Waals surface area contributed by atoms with Crippen molar-refractivity contribution in [2.75, 3.05) is 25.0 Å². The number of benzene rings is 2. The van der Waals surface area contributed by atoms with E-state index in [1.807, 2.05) is 51.1 Å². The van der Waals surface area contributed by atoms with Gasteiger partial charge < -0.3 is 15.5 Å². The van der Waals surface area contributed by atoms with Crippen molar-refractivity contribution in [3.05, 3.63) is 63.6 Å². The minimum absolute atomic E-state index is 0.0112. The van der Waals surface area contributed by atoms with E-state index < -0.39 is 0 Å². The van der Waals surface area contributed by atoms with Gasteiger partial charge in [-0.25, -0.2) is 0 Å². The van der Waals surface area contributed by atoms with E-state index >= 15 is 0 Å². The van der Waals surface area contributed by atoms with Crippen molar-refractivity contribution in [2.24, 2.45) is 0 Å². The Bertz CT molecular complexity index is 825. The normalized spacial score (nSPS) is 11.8. The van der Waals surface area contributed by atoms with Gasteiger partial charge in [0.2, 0.25) is 11.8 Å². The van der Waals surface area contributed by atoms with Gasteiger partial charge in [0, 0.05) is 28.3 Å². The number of carbonyl (C=O) groups is 2. The molecule has 0 saturated heterocycles. The SMILES string of the molecule is CCN(CC(=O)Nc1cc(Cl)ccc1C)C(=O)CN[C@@H](C)c1ccc(Cl)cc1. The third-order valence-electron chi connectivity index (χ3n) is 4.47. The van der Waals surface area contributed by atoms with Crippen molar-refractivity contribution < 1.29 is 9.59 Å². The predicted octanol–water partition coefficient (Wildman–Crippen LogP) is 4.44. The topological polar surface area (TPSA) is 61.4 Å². The number of hydrogen-bond donors (Lipinski definition) is 2. The molecular weight excluding hydrogens is 397 g/mol. The van der Waals surface area contributed by atoms with E-state index in [0.29, 0.717) is 22.3 Å². The number of hydrogen-bond acceptors (Lipinski definition) is 3. The van der Waals surface area contributed by atoms with E-state index in [9.17, 15) is 9.59 Å². The van der Waals surface area contributed by atoms with Gasteiger partial charge in [0.25, 0.3) is 0 Å². The summed E-state index contributed by atoms with van der Waals surface area (Å²) in [4.78, 5) is 26.4. The number of nitrogens with zero attached hydrogens (tertiary/aromatic N) is 1. The van der Waals surface area contributed by atoms with Crippen LogP contribution in [0.1, 0.15) is 31.0 Å². The van der Waals surface area contributed by atoms with Gasteiger partial charge in [-0.15, -0.1) is 0 Å². The van der Waals surface area contributed by atoms with Crippen molar-refractivity contribution in [1.29, 1.82) is 0 Å². The lowest BCUT2D eigenvalue weighted by Gasteiger charge is -2.22. The van der Waals surface area contributed by atoms with Gasteiger partial charge in [-0.1, -0.05) is 41.4 Å². The molecule has 0 spiro atoms. The summed E-state index contributed by atoms with van der Waals surface area (Å²) in [6.45, 7) is 6.27. The molecule has 0 saturated carbocycles. The highest BCUT2D eigenvalue weighted by molar-refractivity contribution is 6.31. The van der Waals surface area contributed by atoms with E-state index in [2.05, 4.69) is 10.6 Å². The van der Waals surface area contributed by atoms with Crippen LogP contribution in [0.25, 0.3) is 0 Å². The minimum Gasteiger partial charge on any atom is -0.333 e. The fraction of sp³-hybridized carbons (Fsp3) is 0.333. The molecular formula is C21H25Cl2N3O2. The molecule has 0 fully saturated rings. The molecule has 28 heavy (non-hydrogen) atoms. The molecule has 2 aromatic carbocycles. The third-order valence-corrected chi connectivity index (χ3v) is 4.96. The van der Waals surface area contributed by atoms with Gasteiger partial charge in [0.05, 0.1) is 13.1 Å². The number of amides is 2. The molecule has 0 aliphatic rings. The molecule has 0 heterocycles. The lowest BCUT2D eigenvalue weighted by atomic mass is 10.1. The highest BCUT2D eigenvalue weighted by Crippen LogP contribution is 2.20. The Kier molecular flexibility index (Phi) is 8.30. The molecule has 7 heteroatoms. The zero-order valence-corrected chi connectivity index (χ0v) is 17.8. The molecule has 2 rings (SSSR count). The molecule has 150 valence electrons. The molecule has 2 amide bonds. The van der Waals surface area contributed by atoms with E-state index in [4.69, 9.17) is 23.2 Å². The lowest BCUT2D eigenvalue weighted by Crippen LogP contribution is -2.42. The number of halogens is 2. The average molecular weight is 422 g/mol. The molecule has 2 aromatic rings. The van der Waals surface area contributed by atoms with Crippen LogP contribution in [0.5, 0.6) is 0 Å². The summed E-state index contributed by atoms with van der Waals surface area (Å²) >= 11 is 11.9. The standard InChI is InChI=1S/C21H25Cl2N3O2/c1-4-26(13-20(27)25-19-11-18(23)8-5-14(19)2)21(28)12-24-15(3)16-6-9-17(22)10-7-16/h5-11,15,24H,4,12-13H2,1-3H3,(H,25,27)/t15-/m0/s1. The predicted molar refractivity (Wildman–Crippen MR) is 115 cm³/mol. The van der Waals surface area contributed by atoms with Gasteiger partial charge in [-0.2, -0.15) is 0 Å². The first-order valence-corrected chi connectivity index (χ1v) is 9.88. The van der Waals surface area contributed by atoms with Crippen molar-refractivity contribution in [1.82, 2.24) is 10.2 Å². The lowest BCUT2D eigenvalue weighted by molar-refractivity contribution is -0.133. The number of carbonyl (C=O) groups excluding carboxylic acids is 2. The maximum absolute atomic E-state index is 12.5. The summed E-state index contributed by atoms with van der Waals surface area (Å²) in [5, 5.41) is 7.22. The molecule has 0 bridgehead atoms. The fourth-order valence-electron chi connectivity index (χ4n) is 2.69. The zero-order valence-electron chi connectivity index (χ0n) is 16.3.